The van der Waals surface area contributed by atoms with Gasteiger partial charge < -0.3 is 10.5 Å². The molecule has 20 heavy (non-hydrogen) atoms. The predicted octanol–water partition coefficient (Wildman–Crippen LogP) is 2.47. The van der Waals surface area contributed by atoms with E-state index in [4.69, 9.17) is 10.5 Å². The molecular weight excluding hydrogens is 297 g/mol. The van der Waals surface area contributed by atoms with Crippen molar-refractivity contribution in [1.29, 1.82) is 0 Å². The van der Waals surface area contributed by atoms with E-state index in [0.29, 0.717) is 6.04 Å². The maximum atomic E-state index is 6.01. The van der Waals surface area contributed by atoms with E-state index in [9.17, 15) is 0 Å². The number of piperidine rings is 1. The number of rotatable bonds is 3. The molecule has 6 heteroatoms. The van der Waals surface area contributed by atoms with Crippen LogP contribution in [0.2, 0.25) is 0 Å². The number of halogens is 2. The molecule has 1 aliphatic heterocycles. The minimum atomic E-state index is 0. The first kappa shape index (κ1) is 19.4. The van der Waals surface area contributed by atoms with Gasteiger partial charge in [-0.3, -0.25) is 9.88 Å². The third kappa shape index (κ3) is 4.48. The number of nitrogens with zero attached hydrogens (tertiary/aromatic N) is 2. The highest BCUT2D eigenvalue weighted by Crippen LogP contribution is 2.25. The third-order valence-corrected chi connectivity index (χ3v) is 3.67. The Balaban J connectivity index is 0.00000180. The van der Waals surface area contributed by atoms with Gasteiger partial charge in [0.2, 0.25) is 0 Å². The molecule has 0 radical (unpaired) electrons. The molecule has 0 bridgehead atoms. The maximum absolute atomic E-state index is 6.01. The molecular formula is C14H25Cl2N3O. The van der Waals surface area contributed by atoms with Crippen molar-refractivity contribution < 1.29 is 4.74 Å². The zero-order chi connectivity index (χ0) is 13.1. The Morgan fingerprint density at radius 2 is 2.10 bits per heavy atom. The summed E-state index contributed by atoms with van der Waals surface area (Å²) in [7, 11) is 1.72. The van der Waals surface area contributed by atoms with Crippen LogP contribution in [0.4, 0.5) is 0 Å². The SMILES string of the molecule is COc1c(C)cnc(CN2CCCC(N)C2)c1C.Cl.Cl. The molecule has 4 nitrogen and oxygen atoms in total. The minimum Gasteiger partial charge on any atom is -0.496 e. The van der Waals surface area contributed by atoms with Crippen molar-refractivity contribution in [1.82, 2.24) is 9.88 Å². The van der Waals surface area contributed by atoms with E-state index in [-0.39, 0.29) is 24.8 Å². The Hall–Kier alpha value is -0.550. The average Bonchev–Trinajstić information content (AvgIpc) is 2.34. The lowest BCUT2D eigenvalue weighted by atomic mass is 10.1. The van der Waals surface area contributed by atoms with Crippen molar-refractivity contribution in [2.24, 2.45) is 5.73 Å². The van der Waals surface area contributed by atoms with Crippen molar-refractivity contribution in [3.63, 3.8) is 0 Å². The molecule has 2 rings (SSSR count). The topological polar surface area (TPSA) is 51.4 Å². The molecule has 1 atom stereocenters. The highest BCUT2D eigenvalue weighted by molar-refractivity contribution is 5.85. The molecule has 1 unspecified atom stereocenters. The second-order valence-corrected chi connectivity index (χ2v) is 5.18. The van der Waals surface area contributed by atoms with Crippen LogP contribution in [0, 0.1) is 13.8 Å². The average molecular weight is 322 g/mol. The predicted molar refractivity (Wildman–Crippen MR) is 87.2 cm³/mol. The van der Waals surface area contributed by atoms with Crippen LogP contribution >= 0.6 is 24.8 Å². The van der Waals surface area contributed by atoms with Crippen LogP contribution in [0.5, 0.6) is 5.75 Å². The van der Waals surface area contributed by atoms with Crippen LogP contribution in [0.15, 0.2) is 6.20 Å². The fourth-order valence-electron chi connectivity index (χ4n) is 2.68. The third-order valence-electron chi connectivity index (χ3n) is 3.67. The summed E-state index contributed by atoms with van der Waals surface area (Å²) in [5, 5.41) is 0. The molecule has 2 N–H and O–H groups in total. The lowest BCUT2D eigenvalue weighted by molar-refractivity contribution is 0.199. The molecule has 1 aliphatic rings. The van der Waals surface area contributed by atoms with Crippen LogP contribution in [0.25, 0.3) is 0 Å². The Labute approximate surface area is 133 Å². The molecule has 116 valence electrons. The summed E-state index contributed by atoms with van der Waals surface area (Å²) in [6.07, 6.45) is 4.22. The smallest absolute Gasteiger partial charge is 0.128 e. The van der Waals surface area contributed by atoms with Gasteiger partial charge in [0.15, 0.2) is 0 Å². The maximum Gasteiger partial charge on any atom is 0.128 e. The summed E-state index contributed by atoms with van der Waals surface area (Å²) in [6, 6.07) is 0.311. The van der Waals surface area contributed by atoms with Gasteiger partial charge in [-0.1, -0.05) is 0 Å². The van der Waals surface area contributed by atoms with Crippen molar-refractivity contribution in [2.45, 2.75) is 39.3 Å². The molecule has 1 saturated heterocycles. The largest absolute Gasteiger partial charge is 0.496 e. The van der Waals surface area contributed by atoms with E-state index < -0.39 is 0 Å². The fraction of sp³-hybridized carbons (Fsp3) is 0.643. The van der Waals surface area contributed by atoms with Gasteiger partial charge >= 0.3 is 0 Å². The Bertz CT molecular complexity index is 429. The number of nitrogens with two attached hydrogens (primary N) is 1. The summed E-state index contributed by atoms with van der Waals surface area (Å²) in [5.74, 6) is 0.960. The van der Waals surface area contributed by atoms with E-state index in [1.54, 1.807) is 7.11 Å². The van der Waals surface area contributed by atoms with Gasteiger partial charge in [0.05, 0.1) is 12.8 Å². The van der Waals surface area contributed by atoms with Crippen LogP contribution in [-0.2, 0) is 6.54 Å². The van der Waals surface area contributed by atoms with E-state index in [1.165, 1.54) is 6.42 Å². The van der Waals surface area contributed by atoms with Crippen LogP contribution in [0.3, 0.4) is 0 Å². The summed E-state index contributed by atoms with van der Waals surface area (Å²) < 4.78 is 5.44. The molecule has 0 spiro atoms. The Morgan fingerprint density at radius 1 is 1.40 bits per heavy atom. The molecule has 0 amide bonds. The van der Waals surface area contributed by atoms with Crippen LogP contribution < -0.4 is 10.5 Å². The first-order valence-electron chi connectivity index (χ1n) is 6.58. The number of hydrogen-bond acceptors (Lipinski definition) is 4. The van der Waals surface area contributed by atoms with Crippen molar-refractivity contribution in [2.75, 3.05) is 20.2 Å². The molecule has 0 aromatic carbocycles. The van der Waals surface area contributed by atoms with E-state index in [0.717, 1.165) is 48.6 Å². The summed E-state index contributed by atoms with van der Waals surface area (Å²) in [4.78, 5) is 6.93. The van der Waals surface area contributed by atoms with Gasteiger partial charge in [-0.05, 0) is 33.2 Å². The number of hydrogen-bond donors (Lipinski definition) is 1. The number of methoxy groups -OCH3 is 1. The van der Waals surface area contributed by atoms with Crippen molar-refractivity contribution >= 4 is 24.8 Å². The van der Waals surface area contributed by atoms with E-state index in [1.807, 2.05) is 13.1 Å². The molecule has 1 aromatic rings. The van der Waals surface area contributed by atoms with Gasteiger partial charge in [-0.25, -0.2) is 0 Å². The second kappa shape index (κ2) is 8.67. The number of ether oxygens (including phenoxy) is 1. The fourth-order valence-corrected chi connectivity index (χ4v) is 2.68. The zero-order valence-corrected chi connectivity index (χ0v) is 14.0. The molecule has 1 aromatic heterocycles. The van der Waals surface area contributed by atoms with Crippen molar-refractivity contribution in [3.05, 3.63) is 23.0 Å². The molecule has 0 aliphatic carbocycles. The Morgan fingerprint density at radius 3 is 2.70 bits per heavy atom. The highest BCUT2D eigenvalue weighted by atomic mass is 35.5. The van der Waals surface area contributed by atoms with Gasteiger partial charge in [-0.2, -0.15) is 0 Å². The number of likely N-dealkylation sites (tertiary alicyclic amines) is 1. The monoisotopic (exact) mass is 321 g/mol. The van der Waals surface area contributed by atoms with Crippen LogP contribution in [-0.4, -0.2) is 36.1 Å². The van der Waals surface area contributed by atoms with Crippen molar-refractivity contribution in [3.8, 4) is 5.75 Å². The van der Waals surface area contributed by atoms with Gasteiger partial charge in [-0.15, -0.1) is 24.8 Å². The van der Waals surface area contributed by atoms with E-state index in [2.05, 4.69) is 16.8 Å². The van der Waals surface area contributed by atoms with Crippen LogP contribution in [0.1, 0.15) is 29.7 Å². The first-order chi connectivity index (χ1) is 8.61. The molecule has 1 fully saturated rings. The molecule has 2 heterocycles. The summed E-state index contributed by atoms with van der Waals surface area (Å²) in [6.45, 7) is 7.07. The number of aromatic nitrogens is 1. The standard InChI is InChI=1S/C14H23N3O.2ClH/c1-10-7-16-13(11(2)14(10)18-3)9-17-6-4-5-12(15)8-17;;/h7,12H,4-6,8-9,15H2,1-3H3;2*1H. The lowest BCUT2D eigenvalue weighted by Crippen LogP contribution is -2.42. The summed E-state index contributed by atoms with van der Waals surface area (Å²) >= 11 is 0. The van der Waals surface area contributed by atoms with E-state index >= 15 is 0 Å². The normalized spacial score (nSPS) is 18.9. The second-order valence-electron chi connectivity index (χ2n) is 5.18. The zero-order valence-electron chi connectivity index (χ0n) is 12.4. The molecule has 0 saturated carbocycles. The first-order valence-corrected chi connectivity index (χ1v) is 6.58. The van der Waals surface area contributed by atoms with Gasteiger partial charge in [0.25, 0.3) is 0 Å². The highest BCUT2D eigenvalue weighted by Gasteiger charge is 2.19. The summed E-state index contributed by atoms with van der Waals surface area (Å²) in [5.41, 5.74) is 9.35. The quantitative estimate of drug-likeness (QED) is 0.929. The minimum absolute atomic E-state index is 0. The van der Waals surface area contributed by atoms with Gasteiger partial charge in [0.1, 0.15) is 5.75 Å². The number of pyridine rings is 1. The van der Waals surface area contributed by atoms with Gasteiger partial charge in [0, 0.05) is 36.5 Å². The Kier molecular flexibility index (Phi) is 8.44. The number of aryl methyl sites for hydroxylation is 1. The lowest BCUT2D eigenvalue weighted by Gasteiger charge is -2.30.